The van der Waals surface area contributed by atoms with Crippen LogP contribution >= 0.6 is 34.8 Å². The molecule has 1 aromatic heterocycles. The molecule has 0 radical (unpaired) electrons. The molecule has 0 aliphatic carbocycles. The van der Waals surface area contributed by atoms with Gasteiger partial charge in [-0.05, 0) is 56.2 Å². The third kappa shape index (κ3) is 6.57. The monoisotopic (exact) mass is 573 g/mol. The van der Waals surface area contributed by atoms with Gasteiger partial charge < -0.3 is 14.7 Å². The molecule has 200 valence electrons. The molecular formula is C28H30Cl3N5O2. The summed E-state index contributed by atoms with van der Waals surface area (Å²) in [5.74, 6) is 0.384. The van der Waals surface area contributed by atoms with Crippen molar-refractivity contribution >= 4 is 52.4 Å². The number of rotatable bonds is 7. The Kier molecular flexibility index (Phi) is 9.47. The summed E-state index contributed by atoms with van der Waals surface area (Å²) in [6.45, 7) is 6.40. The predicted molar refractivity (Wildman–Crippen MR) is 153 cm³/mol. The summed E-state index contributed by atoms with van der Waals surface area (Å²) < 4.78 is 0. The molecule has 2 heterocycles. The smallest absolute Gasteiger partial charge is 0.256 e. The number of hydrogen-bond acceptors (Lipinski definition) is 5. The molecule has 7 nitrogen and oxygen atoms in total. The lowest BCUT2D eigenvalue weighted by Crippen LogP contribution is -2.47. The number of anilines is 1. The number of carbonyl (C=O) groups is 2. The molecule has 1 unspecified atom stereocenters. The van der Waals surface area contributed by atoms with Gasteiger partial charge in [-0.25, -0.2) is 0 Å². The molecule has 4 rings (SSSR count). The molecule has 3 aromatic rings. The third-order valence-corrected chi connectivity index (χ3v) is 7.70. The van der Waals surface area contributed by atoms with Gasteiger partial charge in [0, 0.05) is 42.8 Å². The van der Waals surface area contributed by atoms with Crippen LogP contribution in [0.15, 0.2) is 54.6 Å². The zero-order valence-electron chi connectivity index (χ0n) is 21.4. The predicted octanol–water partition coefficient (Wildman–Crippen LogP) is 6.08. The van der Waals surface area contributed by atoms with E-state index < -0.39 is 0 Å². The van der Waals surface area contributed by atoms with Crippen LogP contribution in [-0.2, 0) is 4.79 Å². The highest BCUT2D eigenvalue weighted by molar-refractivity contribution is 6.36. The maximum absolute atomic E-state index is 13.4. The Bertz CT molecular complexity index is 1290. The summed E-state index contributed by atoms with van der Waals surface area (Å²) in [6, 6.07) is 16.0. The summed E-state index contributed by atoms with van der Waals surface area (Å²) in [5, 5.41) is 10.2. The van der Waals surface area contributed by atoms with Crippen molar-refractivity contribution < 1.29 is 9.59 Å². The molecule has 0 N–H and O–H groups in total. The molecule has 0 saturated carbocycles. The molecule has 2 amide bonds. The maximum Gasteiger partial charge on any atom is 0.256 e. The van der Waals surface area contributed by atoms with Crippen LogP contribution in [0.25, 0.3) is 11.3 Å². The maximum atomic E-state index is 13.4. The molecule has 1 aliphatic rings. The van der Waals surface area contributed by atoms with Gasteiger partial charge in [0.05, 0.1) is 21.3 Å². The van der Waals surface area contributed by atoms with Crippen LogP contribution < -0.4 is 4.90 Å². The highest BCUT2D eigenvalue weighted by atomic mass is 35.5. The van der Waals surface area contributed by atoms with E-state index in [2.05, 4.69) is 15.1 Å². The van der Waals surface area contributed by atoms with Gasteiger partial charge in [-0.15, -0.1) is 10.2 Å². The van der Waals surface area contributed by atoms with Crippen molar-refractivity contribution in [3.05, 3.63) is 75.2 Å². The number of aromatic nitrogens is 2. The molecule has 38 heavy (non-hydrogen) atoms. The van der Waals surface area contributed by atoms with Crippen LogP contribution in [0.1, 0.15) is 37.0 Å². The van der Waals surface area contributed by atoms with Gasteiger partial charge in [0.2, 0.25) is 5.91 Å². The average Bonchev–Trinajstić information content (AvgIpc) is 3.18. The van der Waals surface area contributed by atoms with Crippen LogP contribution in [0.5, 0.6) is 0 Å². The van der Waals surface area contributed by atoms with Gasteiger partial charge in [-0.3, -0.25) is 9.59 Å². The lowest BCUT2D eigenvalue weighted by Gasteiger charge is -2.31. The molecule has 1 atom stereocenters. The number of carbonyl (C=O) groups excluding carboxylic acids is 2. The SMILES string of the molecule is CCC(C)N(CC(=O)N1CCCN(c2ccc(-c3ccccc3Cl)nn2)CC1)C(=O)c1ccc(Cl)cc1Cl. The largest absolute Gasteiger partial charge is 0.353 e. The standard InChI is InChI=1S/C28H30Cl3N5O2/c1-3-19(2)36(28(38)22-10-9-20(29)17-24(22)31)18-27(37)35-14-6-13-34(15-16-35)26-12-11-25(32-33-26)21-7-4-5-8-23(21)30/h4-5,7-12,17,19H,3,6,13-16,18H2,1-2H3. The second-order valence-corrected chi connectivity index (χ2v) is 10.5. The minimum Gasteiger partial charge on any atom is -0.353 e. The third-order valence-electron chi connectivity index (χ3n) is 6.82. The second kappa shape index (κ2) is 12.8. The molecule has 0 spiro atoms. The van der Waals surface area contributed by atoms with E-state index in [0.29, 0.717) is 47.4 Å². The Balaban J connectivity index is 1.41. The quantitative estimate of drug-likeness (QED) is 0.342. The van der Waals surface area contributed by atoms with Gasteiger partial charge in [-0.2, -0.15) is 0 Å². The molecule has 1 fully saturated rings. The number of halogens is 3. The Labute approximate surface area is 238 Å². The van der Waals surface area contributed by atoms with Crippen LogP contribution in [0.4, 0.5) is 5.82 Å². The first-order chi connectivity index (χ1) is 18.3. The summed E-state index contributed by atoms with van der Waals surface area (Å²) in [6.07, 6.45) is 1.49. The number of hydrogen-bond donors (Lipinski definition) is 0. The molecule has 1 saturated heterocycles. The number of amides is 2. The van der Waals surface area contributed by atoms with E-state index in [1.807, 2.05) is 55.1 Å². The van der Waals surface area contributed by atoms with Crippen molar-refractivity contribution in [1.82, 2.24) is 20.0 Å². The first kappa shape index (κ1) is 28.1. The van der Waals surface area contributed by atoms with E-state index in [4.69, 9.17) is 34.8 Å². The van der Waals surface area contributed by atoms with Crippen molar-refractivity contribution in [3.63, 3.8) is 0 Å². The lowest BCUT2D eigenvalue weighted by molar-refractivity contribution is -0.132. The fraction of sp³-hybridized carbons (Fsp3) is 0.357. The molecule has 2 aromatic carbocycles. The number of nitrogens with zero attached hydrogens (tertiary/aromatic N) is 5. The van der Waals surface area contributed by atoms with Crippen LogP contribution in [-0.4, -0.2) is 70.6 Å². The fourth-order valence-electron chi connectivity index (χ4n) is 4.41. The average molecular weight is 575 g/mol. The zero-order chi connectivity index (χ0) is 27.2. The van der Waals surface area contributed by atoms with Gasteiger partial charge in [0.1, 0.15) is 6.54 Å². The molecule has 1 aliphatic heterocycles. The lowest BCUT2D eigenvalue weighted by atomic mass is 10.1. The topological polar surface area (TPSA) is 69.6 Å². The van der Waals surface area contributed by atoms with Gasteiger partial charge in [0.15, 0.2) is 5.82 Å². The zero-order valence-corrected chi connectivity index (χ0v) is 23.7. The van der Waals surface area contributed by atoms with Gasteiger partial charge in [0.25, 0.3) is 5.91 Å². The molecule has 0 bridgehead atoms. The first-order valence-electron chi connectivity index (χ1n) is 12.7. The van der Waals surface area contributed by atoms with E-state index in [1.165, 1.54) is 0 Å². The van der Waals surface area contributed by atoms with Crippen LogP contribution in [0.2, 0.25) is 15.1 Å². The van der Waals surface area contributed by atoms with Crippen LogP contribution in [0.3, 0.4) is 0 Å². The first-order valence-corrected chi connectivity index (χ1v) is 13.8. The van der Waals surface area contributed by atoms with Gasteiger partial charge >= 0.3 is 0 Å². The highest BCUT2D eigenvalue weighted by Crippen LogP contribution is 2.27. The molecule has 10 heteroatoms. The summed E-state index contributed by atoms with van der Waals surface area (Å²) in [5.41, 5.74) is 1.88. The fourth-order valence-corrected chi connectivity index (χ4v) is 5.14. The Morgan fingerprint density at radius 3 is 2.42 bits per heavy atom. The van der Waals surface area contributed by atoms with Crippen molar-refractivity contribution in [2.24, 2.45) is 0 Å². The second-order valence-electron chi connectivity index (χ2n) is 9.29. The Morgan fingerprint density at radius 1 is 0.947 bits per heavy atom. The summed E-state index contributed by atoms with van der Waals surface area (Å²) >= 11 is 18.6. The summed E-state index contributed by atoms with van der Waals surface area (Å²) in [7, 11) is 0. The molecular weight excluding hydrogens is 545 g/mol. The van der Waals surface area contributed by atoms with Crippen molar-refractivity contribution in [2.45, 2.75) is 32.7 Å². The number of benzene rings is 2. The van der Waals surface area contributed by atoms with Gasteiger partial charge in [-0.1, -0.05) is 59.9 Å². The van der Waals surface area contributed by atoms with Crippen molar-refractivity contribution in [3.8, 4) is 11.3 Å². The normalized spacial score (nSPS) is 14.7. The van der Waals surface area contributed by atoms with E-state index in [9.17, 15) is 9.59 Å². The van der Waals surface area contributed by atoms with E-state index in [0.717, 1.165) is 24.3 Å². The van der Waals surface area contributed by atoms with E-state index >= 15 is 0 Å². The van der Waals surface area contributed by atoms with Crippen LogP contribution in [0, 0.1) is 0 Å². The highest BCUT2D eigenvalue weighted by Gasteiger charge is 2.28. The summed E-state index contributed by atoms with van der Waals surface area (Å²) in [4.78, 5) is 32.2. The Hall–Kier alpha value is -2.87. The minimum atomic E-state index is -0.278. The van der Waals surface area contributed by atoms with Crippen molar-refractivity contribution in [1.29, 1.82) is 0 Å². The minimum absolute atomic E-state index is 0.0147. The Morgan fingerprint density at radius 2 is 1.74 bits per heavy atom. The van der Waals surface area contributed by atoms with Crippen molar-refractivity contribution in [2.75, 3.05) is 37.6 Å². The van der Waals surface area contributed by atoms with E-state index in [1.54, 1.807) is 23.1 Å². The van der Waals surface area contributed by atoms with E-state index in [-0.39, 0.29) is 29.4 Å².